The maximum absolute atomic E-state index is 12.0. The molecular formula is C13H14N2O3S. The molecule has 2 rings (SSSR count). The van der Waals surface area contributed by atoms with Crippen LogP contribution in [0.5, 0.6) is 11.5 Å². The van der Waals surface area contributed by atoms with E-state index in [9.17, 15) is 15.0 Å². The van der Waals surface area contributed by atoms with Crippen molar-refractivity contribution in [1.29, 1.82) is 0 Å². The third kappa shape index (κ3) is 3.03. The predicted octanol–water partition coefficient (Wildman–Crippen LogP) is 2.35. The van der Waals surface area contributed by atoms with Crippen molar-refractivity contribution in [3.8, 4) is 11.5 Å². The Morgan fingerprint density at radius 3 is 2.74 bits per heavy atom. The average molecular weight is 278 g/mol. The molecular weight excluding hydrogens is 264 g/mol. The van der Waals surface area contributed by atoms with Crippen molar-refractivity contribution >= 4 is 17.2 Å². The van der Waals surface area contributed by atoms with Gasteiger partial charge in [-0.05, 0) is 26.0 Å². The molecule has 0 fully saturated rings. The highest BCUT2D eigenvalue weighted by molar-refractivity contribution is 7.11. The molecule has 1 aromatic heterocycles. The second kappa shape index (κ2) is 5.27. The van der Waals surface area contributed by atoms with E-state index in [4.69, 9.17) is 0 Å². The van der Waals surface area contributed by atoms with Gasteiger partial charge in [0, 0.05) is 17.1 Å². The number of rotatable bonds is 3. The molecule has 1 heterocycles. The Hall–Kier alpha value is -2.08. The molecule has 1 aromatic carbocycles. The average Bonchev–Trinajstić information content (AvgIpc) is 2.75. The number of hydrogen-bond acceptors (Lipinski definition) is 5. The molecule has 0 radical (unpaired) electrons. The van der Waals surface area contributed by atoms with Gasteiger partial charge in [0.1, 0.15) is 16.5 Å². The van der Waals surface area contributed by atoms with Gasteiger partial charge in [-0.2, -0.15) is 0 Å². The van der Waals surface area contributed by atoms with E-state index in [0.717, 1.165) is 16.0 Å². The number of hydrogen-bond donors (Lipinski definition) is 3. The second-order valence-electron chi connectivity index (χ2n) is 4.21. The van der Waals surface area contributed by atoms with E-state index in [2.05, 4.69) is 10.3 Å². The Bertz CT molecular complexity index is 610. The summed E-state index contributed by atoms with van der Waals surface area (Å²) >= 11 is 1.51. The van der Waals surface area contributed by atoms with Gasteiger partial charge in [-0.1, -0.05) is 0 Å². The number of aromatic hydroxyl groups is 2. The van der Waals surface area contributed by atoms with Crippen molar-refractivity contribution in [2.24, 2.45) is 0 Å². The number of carbonyl (C=O) groups excluding carboxylic acids is 1. The first-order valence-corrected chi connectivity index (χ1v) is 6.54. The Morgan fingerprint density at radius 1 is 1.42 bits per heavy atom. The summed E-state index contributed by atoms with van der Waals surface area (Å²) in [5.41, 5.74) is 0.123. The zero-order valence-corrected chi connectivity index (χ0v) is 11.4. The van der Waals surface area contributed by atoms with Crippen LogP contribution in [0.4, 0.5) is 0 Å². The van der Waals surface area contributed by atoms with Crippen molar-refractivity contribution in [3.05, 3.63) is 39.8 Å². The van der Waals surface area contributed by atoms with E-state index in [-0.39, 0.29) is 23.1 Å². The van der Waals surface area contributed by atoms with Gasteiger partial charge in [-0.15, -0.1) is 11.3 Å². The highest BCUT2D eigenvalue weighted by Crippen LogP contribution is 2.24. The summed E-state index contributed by atoms with van der Waals surface area (Å²) in [5.74, 6) is -0.740. The van der Waals surface area contributed by atoms with Crippen LogP contribution in [-0.4, -0.2) is 21.1 Å². The maximum atomic E-state index is 12.0. The van der Waals surface area contributed by atoms with Crippen LogP contribution in [0.2, 0.25) is 0 Å². The number of phenolic OH excluding ortho intramolecular Hbond substituents is 2. The summed E-state index contributed by atoms with van der Waals surface area (Å²) in [6, 6.07) is 3.62. The van der Waals surface area contributed by atoms with Crippen LogP contribution < -0.4 is 5.32 Å². The fraction of sp³-hybridized carbons (Fsp3) is 0.231. The molecule has 6 heteroatoms. The number of phenols is 2. The van der Waals surface area contributed by atoms with Gasteiger partial charge in [-0.3, -0.25) is 4.79 Å². The monoisotopic (exact) mass is 278 g/mol. The van der Waals surface area contributed by atoms with Gasteiger partial charge in [0.25, 0.3) is 5.91 Å². The number of aromatic nitrogens is 1. The molecule has 100 valence electrons. The molecule has 0 bridgehead atoms. The number of amides is 1. The lowest BCUT2D eigenvalue weighted by molar-refractivity contribution is 0.0937. The van der Waals surface area contributed by atoms with E-state index in [1.165, 1.54) is 23.5 Å². The van der Waals surface area contributed by atoms with Crippen LogP contribution in [0.1, 0.15) is 33.2 Å². The maximum Gasteiger partial charge on any atom is 0.255 e. The van der Waals surface area contributed by atoms with Gasteiger partial charge in [0.2, 0.25) is 0 Å². The number of carbonyl (C=O) groups is 1. The lowest BCUT2D eigenvalue weighted by Gasteiger charge is -2.12. The van der Waals surface area contributed by atoms with E-state index in [1.807, 2.05) is 13.8 Å². The molecule has 0 spiro atoms. The van der Waals surface area contributed by atoms with Crippen LogP contribution >= 0.6 is 11.3 Å². The molecule has 5 nitrogen and oxygen atoms in total. The molecule has 1 unspecified atom stereocenters. The minimum atomic E-state index is -0.405. The Balaban J connectivity index is 2.12. The third-order valence-corrected chi connectivity index (χ3v) is 3.68. The van der Waals surface area contributed by atoms with Crippen LogP contribution in [0, 0.1) is 6.92 Å². The lowest BCUT2D eigenvalue weighted by atomic mass is 10.1. The number of nitrogens with one attached hydrogen (secondary N) is 1. The van der Waals surface area contributed by atoms with Gasteiger partial charge >= 0.3 is 0 Å². The summed E-state index contributed by atoms with van der Waals surface area (Å²) in [6.07, 6.45) is 1.75. The van der Waals surface area contributed by atoms with Gasteiger partial charge in [0.15, 0.2) is 0 Å². The summed E-state index contributed by atoms with van der Waals surface area (Å²) < 4.78 is 0. The summed E-state index contributed by atoms with van der Waals surface area (Å²) in [7, 11) is 0. The fourth-order valence-corrected chi connectivity index (χ4v) is 2.40. The lowest BCUT2D eigenvalue weighted by Crippen LogP contribution is -2.26. The molecule has 0 aliphatic carbocycles. The highest BCUT2D eigenvalue weighted by Gasteiger charge is 2.16. The molecule has 19 heavy (non-hydrogen) atoms. The number of thiazole rings is 1. The molecule has 0 aliphatic heterocycles. The van der Waals surface area contributed by atoms with Crippen molar-refractivity contribution in [2.75, 3.05) is 0 Å². The topological polar surface area (TPSA) is 82.5 Å². The summed E-state index contributed by atoms with van der Waals surface area (Å²) in [4.78, 5) is 17.3. The molecule has 0 aliphatic rings. The number of benzene rings is 1. The van der Waals surface area contributed by atoms with Gasteiger partial charge in [0.05, 0.1) is 11.6 Å². The largest absolute Gasteiger partial charge is 0.508 e. The zero-order chi connectivity index (χ0) is 14.0. The first-order chi connectivity index (χ1) is 8.97. The van der Waals surface area contributed by atoms with Crippen LogP contribution in [0.25, 0.3) is 0 Å². The van der Waals surface area contributed by atoms with E-state index < -0.39 is 5.91 Å². The number of nitrogens with zero attached hydrogens (tertiary/aromatic N) is 1. The first-order valence-electron chi connectivity index (χ1n) is 5.72. The third-order valence-electron chi connectivity index (χ3n) is 2.58. The fourth-order valence-electron chi connectivity index (χ4n) is 1.62. The minimum absolute atomic E-state index is 0.0855. The molecule has 2 aromatic rings. The van der Waals surface area contributed by atoms with Crippen molar-refractivity contribution in [2.45, 2.75) is 19.9 Å². The molecule has 3 N–H and O–H groups in total. The van der Waals surface area contributed by atoms with Gasteiger partial charge in [-0.25, -0.2) is 4.98 Å². The standard InChI is InChI=1S/C13H14N2O3S/c1-7-6-14-13(19-7)8(2)15-12(18)10-4-3-9(16)5-11(10)17/h3-6,8,16-17H,1-2H3,(H,15,18). The first kappa shape index (κ1) is 13.4. The molecule has 1 atom stereocenters. The SMILES string of the molecule is Cc1cnc(C(C)NC(=O)c2ccc(O)cc2O)s1. The van der Waals surface area contributed by atoms with Crippen molar-refractivity contribution in [1.82, 2.24) is 10.3 Å². The Kier molecular flexibility index (Phi) is 3.71. The summed E-state index contributed by atoms with van der Waals surface area (Å²) in [6.45, 7) is 3.77. The highest BCUT2D eigenvalue weighted by atomic mass is 32.1. The van der Waals surface area contributed by atoms with Crippen LogP contribution in [0.3, 0.4) is 0 Å². The number of aryl methyl sites for hydroxylation is 1. The van der Waals surface area contributed by atoms with E-state index in [0.29, 0.717) is 0 Å². The van der Waals surface area contributed by atoms with Crippen LogP contribution in [-0.2, 0) is 0 Å². The Labute approximate surface area is 114 Å². The predicted molar refractivity (Wildman–Crippen MR) is 72.5 cm³/mol. The second-order valence-corrected chi connectivity index (χ2v) is 5.47. The normalized spacial score (nSPS) is 12.1. The van der Waals surface area contributed by atoms with Crippen LogP contribution in [0.15, 0.2) is 24.4 Å². The van der Waals surface area contributed by atoms with Crippen molar-refractivity contribution in [3.63, 3.8) is 0 Å². The molecule has 0 saturated heterocycles. The zero-order valence-electron chi connectivity index (χ0n) is 10.5. The minimum Gasteiger partial charge on any atom is -0.508 e. The Morgan fingerprint density at radius 2 is 2.16 bits per heavy atom. The van der Waals surface area contributed by atoms with E-state index in [1.54, 1.807) is 6.20 Å². The molecule has 1 amide bonds. The molecule has 0 saturated carbocycles. The quantitative estimate of drug-likeness (QED) is 0.805. The van der Waals surface area contributed by atoms with Crippen molar-refractivity contribution < 1.29 is 15.0 Å². The van der Waals surface area contributed by atoms with E-state index >= 15 is 0 Å². The van der Waals surface area contributed by atoms with Gasteiger partial charge < -0.3 is 15.5 Å². The summed E-state index contributed by atoms with van der Waals surface area (Å²) in [5, 5.41) is 22.4. The smallest absolute Gasteiger partial charge is 0.255 e.